The molecule has 1 fully saturated rings. The molecule has 2 amide bonds. The first-order valence-corrected chi connectivity index (χ1v) is 11.9. The molecular formula is C21H25N3O4S2. The summed E-state index contributed by atoms with van der Waals surface area (Å²) in [6.45, 7) is 0.634. The predicted octanol–water partition coefficient (Wildman–Crippen LogP) is 3.50. The summed E-state index contributed by atoms with van der Waals surface area (Å²) in [4.78, 5) is 26.9. The van der Waals surface area contributed by atoms with Gasteiger partial charge in [-0.2, -0.15) is 4.31 Å². The van der Waals surface area contributed by atoms with Crippen LogP contribution in [0.4, 0.5) is 10.5 Å². The van der Waals surface area contributed by atoms with E-state index in [9.17, 15) is 18.0 Å². The fourth-order valence-corrected chi connectivity index (χ4v) is 5.29. The van der Waals surface area contributed by atoms with Gasteiger partial charge in [0, 0.05) is 43.7 Å². The van der Waals surface area contributed by atoms with Crippen molar-refractivity contribution in [3.05, 3.63) is 54.6 Å². The van der Waals surface area contributed by atoms with Crippen LogP contribution < -0.4 is 5.32 Å². The average Bonchev–Trinajstić information content (AvgIpc) is 2.75. The average molecular weight is 448 g/mol. The van der Waals surface area contributed by atoms with E-state index in [1.54, 1.807) is 68.7 Å². The zero-order chi connectivity index (χ0) is 21.7. The maximum absolute atomic E-state index is 12.7. The number of rotatable bonds is 5. The fourth-order valence-electron chi connectivity index (χ4n) is 3.14. The van der Waals surface area contributed by atoms with Crippen molar-refractivity contribution in [2.24, 2.45) is 5.92 Å². The molecule has 9 heteroatoms. The van der Waals surface area contributed by atoms with Gasteiger partial charge >= 0.3 is 0 Å². The number of sulfonamides is 1. The van der Waals surface area contributed by atoms with Gasteiger partial charge in [0.05, 0.1) is 4.90 Å². The van der Waals surface area contributed by atoms with E-state index in [0.29, 0.717) is 31.6 Å². The number of amides is 2. The Morgan fingerprint density at radius 1 is 1.00 bits per heavy atom. The zero-order valence-corrected chi connectivity index (χ0v) is 18.6. The highest BCUT2D eigenvalue weighted by atomic mass is 32.2. The Hall–Kier alpha value is -2.36. The minimum atomic E-state index is -3.52. The Balaban J connectivity index is 1.54. The lowest BCUT2D eigenvalue weighted by molar-refractivity contribution is -0.120. The normalized spacial score (nSPS) is 15.5. The molecule has 0 spiro atoms. The largest absolute Gasteiger partial charge is 0.339 e. The highest BCUT2D eigenvalue weighted by Crippen LogP contribution is 2.26. The van der Waals surface area contributed by atoms with Crippen LogP contribution in [0.3, 0.4) is 0 Å². The number of anilines is 1. The third-order valence-corrected chi connectivity index (χ3v) is 7.86. The molecule has 0 aromatic heterocycles. The summed E-state index contributed by atoms with van der Waals surface area (Å²) >= 11 is 1.12. The van der Waals surface area contributed by atoms with Crippen LogP contribution >= 0.6 is 11.8 Å². The number of nitrogens with zero attached hydrogens (tertiary/aromatic N) is 2. The van der Waals surface area contributed by atoms with Crippen molar-refractivity contribution in [2.75, 3.05) is 32.5 Å². The van der Waals surface area contributed by atoms with Crippen LogP contribution in [0.2, 0.25) is 0 Å². The van der Waals surface area contributed by atoms with Crippen molar-refractivity contribution >= 4 is 38.6 Å². The third kappa shape index (κ3) is 5.41. The second-order valence-electron chi connectivity index (χ2n) is 7.27. The van der Waals surface area contributed by atoms with Crippen LogP contribution in [0.25, 0.3) is 0 Å². The summed E-state index contributed by atoms with van der Waals surface area (Å²) in [5.41, 5.74) is 0.654. The van der Waals surface area contributed by atoms with Gasteiger partial charge in [0.15, 0.2) is 0 Å². The van der Waals surface area contributed by atoms with Crippen molar-refractivity contribution in [3.63, 3.8) is 0 Å². The molecule has 30 heavy (non-hydrogen) atoms. The molecule has 1 N–H and O–H groups in total. The molecule has 2 aromatic carbocycles. The predicted molar refractivity (Wildman–Crippen MR) is 118 cm³/mol. The second-order valence-corrected chi connectivity index (χ2v) is 10.2. The van der Waals surface area contributed by atoms with Crippen LogP contribution in [0.1, 0.15) is 12.8 Å². The molecule has 1 heterocycles. The lowest BCUT2D eigenvalue weighted by Crippen LogP contribution is -2.41. The molecule has 3 rings (SSSR count). The topological polar surface area (TPSA) is 86.8 Å². The molecule has 160 valence electrons. The highest BCUT2D eigenvalue weighted by Gasteiger charge is 2.32. The number of hydrogen-bond acceptors (Lipinski definition) is 5. The smallest absolute Gasteiger partial charge is 0.285 e. The molecule has 2 aromatic rings. The van der Waals surface area contributed by atoms with Crippen LogP contribution in [-0.4, -0.2) is 56.0 Å². The minimum absolute atomic E-state index is 0.0657. The molecule has 7 nitrogen and oxygen atoms in total. The summed E-state index contributed by atoms with van der Waals surface area (Å²) in [6, 6.07) is 15.5. The molecule has 0 bridgehead atoms. The number of nitrogens with one attached hydrogen (secondary N) is 1. The SMILES string of the molecule is CN(C)C(=O)Sc1ccc(NC(=O)C2CCN(S(=O)(=O)c3ccccc3)CC2)cc1. The molecule has 1 aliphatic heterocycles. The Kier molecular flexibility index (Phi) is 7.17. The molecule has 1 aliphatic rings. The molecule has 0 saturated carbocycles. The van der Waals surface area contributed by atoms with Crippen LogP contribution in [0.15, 0.2) is 64.4 Å². The van der Waals surface area contributed by atoms with E-state index in [2.05, 4.69) is 5.32 Å². The van der Waals surface area contributed by atoms with Crippen LogP contribution in [-0.2, 0) is 14.8 Å². The molecular weight excluding hydrogens is 422 g/mol. The summed E-state index contributed by atoms with van der Waals surface area (Å²) in [7, 11) is -0.133. The van der Waals surface area contributed by atoms with E-state index >= 15 is 0 Å². The summed E-state index contributed by atoms with van der Waals surface area (Å²) in [6.07, 6.45) is 0.951. The van der Waals surface area contributed by atoms with E-state index in [4.69, 9.17) is 0 Å². The lowest BCUT2D eigenvalue weighted by atomic mass is 9.97. The van der Waals surface area contributed by atoms with Gasteiger partial charge in [-0.25, -0.2) is 8.42 Å². The first-order chi connectivity index (χ1) is 14.3. The fraction of sp³-hybridized carbons (Fsp3) is 0.333. The van der Waals surface area contributed by atoms with Crippen molar-refractivity contribution in [1.29, 1.82) is 0 Å². The van der Waals surface area contributed by atoms with Gasteiger partial charge in [-0.15, -0.1) is 0 Å². The monoisotopic (exact) mass is 447 g/mol. The summed E-state index contributed by atoms with van der Waals surface area (Å²) in [5, 5.41) is 2.82. The van der Waals surface area contributed by atoms with E-state index in [1.165, 1.54) is 9.21 Å². The molecule has 1 saturated heterocycles. The van der Waals surface area contributed by atoms with Gasteiger partial charge in [-0.05, 0) is 61.0 Å². The lowest BCUT2D eigenvalue weighted by Gasteiger charge is -2.30. The molecule has 0 unspecified atom stereocenters. The Bertz CT molecular complexity index is 985. The second kappa shape index (κ2) is 9.63. The maximum atomic E-state index is 12.7. The van der Waals surface area contributed by atoms with Crippen LogP contribution in [0.5, 0.6) is 0 Å². The molecule has 0 aliphatic carbocycles. The summed E-state index contributed by atoms with van der Waals surface area (Å²) < 4.78 is 26.8. The van der Waals surface area contributed by atoms with Crippen molar-refractivity contribution < 1.29 is 18.0 Å². The number of thioether (sulfide) groups is 1. The number of hydrogen-bond donors (Lipinski definition) is 1. The first-order valence-electron chi connectivity index (χ1n) is 9.62. The Morgan fingerprint density at radius 3 is 2.17 bits per heavy atom. The van der Waals surface area contributed by atoms with Gasteiger partial charge in [0.2, 0.25) is 15.9 Å². The third-order valence-electron chi connectivity index (χ3n) is 4.90. The Morgan fingerprint density at radius 2 is 1.60 bits per heavy atom. The van der Waals surface area contributed by atoms with E-state index < -0.39 is 10.0 Å². The minimum Gasteiger partial charge on any atom is -0.339 e. The summed E-state index contributed by atoms with van der Waals surface area (Å²) in [5.74, 6) is -0.354. The zero-order valence-electron chi connectivity index (χ0n) is 16.9. The number of piperidine rings is 1. The van der Waals surface area contributed by atoms with Crippen LogP contribution in [0, 0.1) is 5.92 Å². The van der Waals surface area contributed by atoms with Crippen molar-refractivity contribution in [3.8, 4) is 0 Å². The molecule has 0 atom stereocenters. The van der Waals surface area contributed by atoms with Gasteiger partial charge in [-0.1, -0.05) is 18.2 Å². The van der Waals surface area contributed by atoms with Gasteiger partial charge in [0.25, 0.3) is 5.24 Å². The van der Waals surface area contributed by atoms with E-state index in [1.807, 2.05) is 0 Å². The van der Waals surface area contributed by atoms with Crippen molar-refractivity contribution in [2.45, 2.75) is 22.6 Å². The quantitative estimate of drug-likeness (QED) is 0.709. The van der Waals surface area contributed by atoms with E-state index in [0.717, 1.165) is 16.7 Å². The Labute approximate surface area is 181 Å². The standard InChI is InChI=1S/C21H25N3O4S2/c1-23(2)21(26)29-18-10-8-17(9-11-18)22-20(25)16-12-14-24(15-13-16)30(27,28)19-6-4-3-5-7-19/h3-11,16H,12-15H2,1-2H3,(H,22,25). The maximum Gasteiger partial charge on any atom is 0.285 e. The van der Waals surface area contributed by atoms with Gasteiger partial charge in [0.1, 0.15) is 0 Å². The number of benzene rings is 2. The van der Waals surface area contributed by atoms with Gasteiger partial charge < -0.3 is 10.2 Å². The van der Waals surface area contributed by atoms with Gasteiger partial charge in [-0.3, -0.25) is 9.59 Å². The first kappa shape index (κ1) is 22.3. The number of carbonyl (C=O) groups is 2. The van der Waals surface area contributed by atoms with E-state index in [-0.39, 0.29) is 22.0 Å². The number of carbonyl (C=O) groups excluding carboxylic acids is 2. The van der Waals surface area contributed by atoms with Crippen molar-refractivity contribution in [1.82, 2.24) is 9.21 Å². The molecule has 0 radical (unpaired) electrons. The highest BCUT2D eigenvalue weighted by molar-refractivity contribution is 8.13.